The van der Waals surface area contributed by atoms with Crippen molar-refractivity contribution in [1.29, 1.82) is 0 Å². The fourth-order valence-electron chi connectivity index (χ4n) is 2.33. The molecular formula is C18H17F2N5O2S. The van der Waals surface area contributed by atoms with Gasteiger partial charge in [0, 0.05) is 11.6 Å². The molecule has 0 saturated heterocycles. The average molecular weight is 405 g/mol. The van der Waals surface area contributed by atoms with Crippen molar-refractivity contribution in [3.05, 3.63) is 54.1 Å². The van der Waals surface area contributed by atoms with E-state index in [4.69, 9.17) is 10.6 Å². The van der Waals surface area contributed by atoms with E-state index in [1.54, 1.807) is 38.3 Å². The van der Waals surface area contributed by atoms with E-state index in [2.05, 4.69) is 15.5 Å². The monoisotopic (exact) mass is 405 g/mol. The fourth-order valence-corrected chi connectivity index (χ4v) is 3.10. The Kier molecular flexibility index (Phi) is 5.78. The number of nitrogen functional groups attached to an aromatic ring is 1. The molecule has 1 aromatic heterocycles. The predicted octanol–water partition coefficient (Wildman–Crippen LogP) is 3.07. The topological polar surface area (TPSA) is 95.1 Å². The molecule has 146 valence electrons. The first-order valence-electron chi connectivity index (χ1n) is 8.16. The van der Waals surface area contributed by atoms with E-state index >= 15 is 0 Å². The summed E-state index contributed by atoms with van der Waals surface area (Å²) < 4.78 is 33.3. The molecule has 0 unspecified atom stereocenters. The molecule has 3 aromatic rings. The summed E-state index contributed by atoms with van der Waals surface area (Å²) in [5.74, 6) is 5.25. The van der Waals surface area contributed by atoms with Crippen molar-refractivity contribution in [3.63, 3.8) is 0 Å². The van der Waals surface area contributed by atoms with E-state index in [9.17, 15) is 13.6 Å². The zero-order valence-electron chi connectivity index (χ0n) is 15.0. The minimum atomic E-state index is -0.726. The molecule has 1 heterocycles. The van der Waals surface area contributed by atoms with E-state index in [0.29, 0.717) is 16.7 Å². The van der Waals surface area contributed by atoms with Crippen LogP contribution in [0.5, 0.6) is 5.75 Å². The molecule has 0 aliphatic rings. The van der Waals surface area contributed by atoms with Gasteiger partial charge in [-0.25, -0.2) is 13.5 Å². The van der Waals surface area contributed by atoms with Gasteiger partial charge in [-0.15, -0.1) is 10.2 Å². The number of amides is 1. The molecule has 3 N–H and O–H groups in total. The first kappa shape index (κ1) is 19.6. The number of halogens is 2. The molecule has 0 bridgehead atoms. The zero-order chi connectivity index (χ0) is 20.3. The third-order valence-corrected chi connectivity index (χ3v) is 4.91. The number of methoxy groups -OCH3 is 1. The summed E-state index contributed by atoms with van der Waals surface area (Å²) in [6, 6.07) is 9.92. The molecule has 0 aliphatic carbocycles. The summed E-state index contributed by atoms with van der Waals surface area (Å²) in [5.41, 5.74) is 0.493. The lowest BCUT2D eigenvalue weighted by atomic mass is 10.2. The number of thioether (sulfide) groups is 1. The molecule has 0 fully saturated rings. The van der Waals surface area contributed by atoms with Crippen LogP contribution in [0.25, 0.3) is 11.4 Å². The van der Waals surface area contributed by atoms with E-state index in [-0.39, 0.29) is 5.69 Å². The van der Waals surface area contributed by atoms with Crippen LogP contribution in [-0.2, 0) is 4.79 Å². The Morgan fingerprint density at radius 3 is 2.61 bits per heavy atom. The minimum absolute atomic E-state index is 0.231. The lowest BCUT2D eigenvalue weighted by Gasteiger charge is -2.12. The molecule has 0 aliphatic heterocycles. The van der Waals surface area contributed by atoms with E-state index in [1.165, 1.54) is 4.68 Å². The number of nitrogens with zero attached hydrogens (tertiary/aromatic N) is 3. The number of nitrogens with two attached hydrogens (primary N) is 1. The van der Waals surface area contributed by atoms with Gasteiger partial charge >= 0.3 is 0 Å². The van der Waals surface area contributed by atoms with Crippen LogP contribution in [0.4, 0.5) is 14.5 Å². The third kappa shape index (κ3) is 4.22. The number of carbonyl (C=O) groups excluding carboxylic acids is 1. The number of aromatic nitrogens is 3. The maximum atomic E-state index is 13.7. The normalized spacial score (nSPS) is 11.9. The van der Waals surface area contributed by atoms with Crippen molar-refractivity contribution in [1.82, 2.24) is 14.9 Å². The van der Waals surface area contributed by atoms with Crippen LogP contribution in [0.15, 0.2) is 47.6 Å². The van der Waals surface area contributed by atoms with Crippen molar-refractivity contribution in [2.75, 3.05) is 18.3 Å². The number of ether oxygens (including phenoxy) is 1. The number of anilines is 1. The van der Waals surface area contributed by atoms with Crippen LogP contribution in [-0.4, -0.2) is 33.1 Å². The molecule has 3 rings (SSSR count). The van der Waals surface area contributed by atoms with Gasteiger partial charge in [0.15, 0.2) is 5.82 Å². The Hall–Kier alpha value is -3.14. The van der Waals surface area contributed by atoms with Gasteiger partial charge in [0.25, 0.3) is 0 Å². The van der Waals surface area contributed by atoms with Crippen molar-refractivity contribution < 1.29 is 18.3 Å². The molecule has 0 spiro atoms. The number of carbonyl (C=O) groups is 1. The Morgan fingerprint density at radius 1 is 1.21 bits per heavy atom. The van der Waals surface area contributed by atoms with Crippen molar-refractivity contribution in [2.24, 2.45) is 0 Å². The maximum absolute atomic E-state index is 13.7. The Morgan fingerprint density at radius 2 is 1.93 bits per heavy atom. The summed E-state index contributed by atoms with van der Waals surface area (Å²) in [6.45, 7) is 1.60. The summed E-state index contributed by atoms with van der Waals surface area (Å²) >= 11 is 1.04. The standard InChI is InChI=1S/C18H17F2N5O2S/c1-10(17(26)22-15-9-12(19)5-8-14(15)20)28-18-24-23-16(25(18)21)11-3-6-13(27-2)7-4-11/h3-10H,21H2,1-2H3,(H,22,26)/t10-/m1/s1. The highest BCUT2D eigenvalue weighted by Crippen LogP contribution is 2.27. The minimum Gasteiger partial charge on any atom is -0.497 e. The summed E-state index contributed by atoms with van der Waals surface area (Å²) in [4.78, 5) is 12.3. The van der Waals surface area contributed by atoms with E-state index < -0.39 is 22.8 Å². The Balaban J connectivity index is 1.71. The second-order valence-electron chi connectivity index (χ2n) is 5.78. The second-order valence-corrected chi connectivity index (χ2v) is 7.09. The van der Waals surface area contributed by atoms with Gasteiger partial charge in [0.05, 0.1) is 18.0 Å². The van der Waals surface area contributed by atoms with Crippen LogP contribution >= 0.6 is 11.8 Å². The summed E-state index contributed by atoms with van der Waals surface area (Å²) in [7, 11) is 1.57. The van der Waals surface area contributed by atoms with E-state index in [1.807, 2.05) is 0 Å². The lowest BCUT2D eigenvalue weighted by Crippen LogP contribution is -2.24. The van der Waals surface area contributed by atoms with Gasteiger partial charge in [-0.1, -0.05) is 11.8 Å². The molecule has 1 atom stereocenters. The highest BCUT2D eigenvalue weighted by Gasteiger charge is 2.21. The second kappa shape index (κ2) is 8.26. The summed E-state index contributed by atoms with van der Waals surface area (Å²) in [5, 5.41) is 10.0. The Bertz CT molecular complexity index is 994. The number of benzene rings is 2. The molecule has 1 amide bonds. The lowest BCUT2D eigenvalue weighted by molar-refractivity contribution is -0.115. The molecule has 0 saturated carbocycles. The zero-order valence-corrected chi connectivity index (χ0v) is 15.8. The van der Waals surface area contributed by atoms with Crippen molar-refractivity contribution >= 4 is 23.4 Å². The van der Waals surface area contributed by atoms with Crippen LogP contribution in [0.1, 0.15) is 6.92 Å². The molecule has 28 heavy (non-hydrogen) atoms. The number of hydrogen-bond donors (Lipinski definition) is 2. The quantitative estimate of drug-likeness (QED) is 0.483. The predicted molar refractivity (Wildman–Crippen MR) is 102 cm³/mol. The highest BCUT2D eigenvalue weighted by atomic mass is 32.2. The average Bonchev–Trinajstić information content (AvgIpc) is 3.05. The van der Waals surface area contributed by atoms with Crippen LogP contribution in [0, 0.1) is 11.6 Å². The fraction of sp³-hybridized carbons (Fsp3) is 0.167. The molecule has 10 heteroatoms. The molecule has 7 nitrogen and oxygen atoms in total. The smallest absolute Gasteiger partial charge is 0.237 e. The highest BCUT2D eigenvalue weighted by molar-refractivity contribution is 8.00. The van der Waals surface area contributed by atoms with Crippen molar-refractivity contribution in [2.45, 2.75) is 17.3 Å². The van der Waals surface area contributed by atoms with Crippen molar-refractivity contribution in [3.8, 4) is 17.1 Å². The van der Waals surface area contributed by atoms with Crippen LogP contribution in [0.3, 0.4) is 0 Å². The number of hydrogen-bond acceptors (Lipinski definition) is 6. The first-order valence-corrected chi connectivity index (χ1v) is 9.04. The van der Waals surface area contributed by atoms with Crippen LogP contribution in [0.2, 0.25) is 0 Å². The number of nitrogens with one attached hydrogen (secondary N) is 1. The third-order valence-electron chi connectivity index (χ3n) is 3.85. The van der Waals surface area contributed by atoms with Gasteiger partial charge in [-0.2, -0.15) is 0 Å². The van der Waals surface area contributed by atoms with Gasteiger partial charge < -0.3 is 15.9 Å². The SMILES string of the molecule is COc1ccc(-c2nnc(S[C@H](C)C(=O)Nc3cc(F)ccc3F)n2N)cc1. The van der Waals surface area contributed by atoms with Crippen LogP contribution < -0.4 is 15.9 Å². The largest absolute Gasteiger partial charge is 0.497 e. The van der Waals surface area contributed by atoms with E-state index in [0.717, 1.165) is 35.5 Å². The summed E-state index contributed by atoms with van der Waals surface area (Å²) in [6.07, 6.45) is 0. The van der Waals surface area contributed by atoms with Gasteiger partial charge in [0.1, 0.15) is 17.4 Å². The number of rotatable bonds is 6. The Labute approximate surface area is 163 Å². The van der Waals surface area contributed by atoms with Gasteiger partial charge in [-0.05, 0) is 43.3 Å². The maximum Gasteiger partial charge on any atom is 0.237 e. The molecule has 0 radical (unpaired) electrons. The first-order chi connectivity index (χ1) is 13.4. The van der Waals surface area contributed by atoms with Gasteiger partial charge in [0.2, 0.25) is 11.1 Å². The molecular weight excluding hydrogens is 388 g/mol. The van der Waals surface area contributed by atoms with Gasteiger partial charge in [-0.3, -0.25) is 4.79 Å². The molecule has 2 aromatic carbocycles.